The fourth-order valence-corrected chi connectivity index (χ4v) is 2.83. The Morgan fingerprint density at radius 2 is 1.83 bits per heavy atom. The first kappa shape index (κ1) is 18.2. The molecule has 0 heterocycles. The molecule has 0 aromatic heterocycles. The first-order valence-electron chi connectivity index (χ1n) is 7.78. The van der Waals surface area contributed by atoms with E-state index in [0.717, 1.165) is 27.0 Å². The summed E-state index contributed by atoms with van der Waals surface area (Å²) < 4.78 is 0.830. The van der Waals surface area contributed by atoms with Crippen LogP contribution in [0.2, 0.25) is 0 Å². The van der Waals surface area contributed by atoms with Crippen molar-refractivity contribution in [3.63, 3.8) is 0 Å². The maximum absolute atomic E-state index is 12.2. The van der Waals surface area contributed by atoms with Gasteiger partial charge in [-0.2, -0.15) is 0 Å². The number of hydrogen-bond acceptors (Lipinski definition) is 2. The standard InChI is InChI=1S/C19H21BrN2O2/c1-13-8-9-14(2)18(12-13)22(15(3)23)11-10-19(24)21-17-7-5-4-6-16(17)20/h4-9,12H,10-11H2,1-3H3,(H,21,24). The number of hydrogen-bond donors (Lipinski definition) is 1. The molecule has 0 atom stereocenters. The van der Waals surface area contributed by atoms with Crippen LogP contribution in [-0.4, -0.2) is 18.4 Å². The van der Waals surface area contributed by atoms with Crippen molar-refractivity contribution in [1.29, 1.82) is 0 Å². The van der Waals surface area contributed by atoms with Crippen molar-refractivity contribution in [2.24, 2.45) is 0 Å². The Balaban J connectivity index is 2.07. The average Bonchev–Trinajstić information content (AvgIpc) is 2.52. The summed E-state index contributed by atoms with van der Waals surface area (Å²) in [6.45, 7) is 5.82. The summed E-state index contributed by atoms with van der Waals surface area (Å²) in [5.74, 6) is -0.198. The van der Waals surface area contributed by atoms with E-state index in [2.05, 4.69) is 21.2 Å². The fourth-order valence-electron chi connectivity index (χ4n) is 2.45. The van der Waals surface area contributed by atoms with Gasteiger partial charge in [-0.05, 0) is 59.1 Å². The molecule has 0 saturated carbocycles. The van der Waals surface area contributed by atoms with Crippen molar-refractivity contribution < 1.29 is 9.59 Å². The molecule has 0 spiro atoms. The van der Waals surface area contributed by atoms with Crippen LogP contribution in [0.5, 0.6) is 0 Å². The maximum atomic E-state index is 12.2. The maximum Gasteiger partial charge on any atom is 0.226 e. The fraction of sp³-hybridized carbons (Fsp3) is 0.263. The number of para-hydroxylation sites is 1. The Labute approximate surface area is 151 Å². The van der Waals surface area contributed by atoms with Gasteiger partial charge in [0.05, 0.1) is 5.69 Å². The highest BCUT2D eigenvalue weighted by atomic mass is 79.9. The molecule has 1 N–H and O–H groups in total. The third-order valence-corrected chi connectivity index (χ3v) is 4.44. The predicted molar refractivity (Wildman–Crippen MR) is 101 cm³/mol. The summed E-state index contributed by atoms with van der Waals surface area (Å²) >= 11 is 3.40. The van der Waals surface area contributed by atoms with Gasteiger partial charge in [0.25, 0.3) is 0 Å². The van der Waals surface area contributed by atoms with Crippen LogP contribution < -0.4 is 10.2 Å². The Bertz CT molecular complexity index is 759. The molecule has 0 saturated heterocycles. The van der Waals surface area contributed by atoms with Crippen LogP contribution in [-0.2, 0) is 9.59 Å². The molecule has 2 aromatic carbocycles. The highest BCUT2D eigenvalue weighted by Gasteiger charge is 2.16. The molecule has 126 valence electrons. The van der Waals surface area contributed by atoms with Crippen molar-refractivity contribution in [1.82, 2.24) is 0 Å². The van der Waals surface area contributed by atoms with Crippen molar-refractivity contribution >= 4 is 39.1 Å². The molecule has 0 radical (unpaired) electrons. The number of anilines is 2. The number of nitrogens with one attached hydrogen (secondary N) is 1. The monoisotopic (exact) mass is 388 g/mol. The Hall–Kier alpha value is -2.14. The minimum Gasteiger partial charge on any atom is -0.325 e. The van der Waals surface area contributed by atoms with E-state index in [1.165, 1.54) is 6.92 Å². The molecule has 2 rings (SSSR count). The van der Waals surface area contributed by atoms with Crippen LogP contribution in [0, 0.1) is 13.8 Å². The van der Waals surface area contributed by atoms with Gasteiger partial charge in [0.15, 0.2) is 0 Å². The Morgan fingerprint density at radius 1 is 1.12 bits per heavy atom. The molecule has 0 aliphatic rings. The van der Waals surface area contributed by atoms with E-state index in [-0.39, 0.29) is 18.2 Å². The van der Waals surface area contributed by atoms with Gasteiger partial charge in [0.2, 0.25) is 11.8 Å². The van der Waals surface area contributed by atoms with Gasteiger partial charge < -0.3 is 10.2 Å². The Kier molecular flexibility index (Phi) is 6.15. The zero-order chi connectivity index (χ0) is 17.7. The van der Waals surface area contributed by atoms with E-state index in [9.17, 15) is 9.59 Å². The second kappa shape index (κ2) is 8.11. The zero-order valence-corrected chi connectivity index (χ0v) is 15.7. The first-order chi connectivity index (χ1) is 11.4. The molecule has 5 heteroatoms. The van der Waals surface area contributed by atoms with Gasteiger partial charge in [-0.25, -0.2) is 0 Å². The zero-order valence-electron chi connectivity index (χ0n) is 14.1. The molecule has 24 heavy (non-hydrogen) atoms. The summed E-state index contributed by atoms with van der Waals surface area (Å²) in [6.07, 6.45) is 0.230. The lowest BCUT2D eigenvalue weighted by molar-refractivity contribution is -0.117. The predicted octanol–water partition coefficient (Wildman–Crippen LogP) is 4.45. The smallest absolute Gasteiger partial charge is 0.226 e. The SMILES string of the molecule is CC(=O)N(CCC(=O)Nc1ccccc1Br)c1cc(C)ccc1C. The molecule has 0 bridgehead atoms. The number of carbonyl (C=O) groups is 2. The van der Waals surface area contributed by atoms with Crippen molar-refractivity contribution in [3.05, 3.63) is 58.1 Å². The summed E-state index contributed by atoms with van der Waals surface area (Å²) in [7, 11) is 0. The van der Waals surface area contributed by atoms with E-state index in [0.29, 0.717) is 6.54 Å². The van der Waals surface area contributed by atoms with Crippen molar-refractivity contribution in [2.75, 3.05) is 16.8 Å². The molecule has 4 nitrogen and oxygen atoms in total. The Morgan fingerprint density at radius 3 is 2.50 bits per heavy atom. The number of amides is 2. The first-order valence-corrected chi connectivity index (χ1v) is 8.57. The van der Waals surface area contributed by atoms with E-state index in [1.54, 1.807) is 4.90 Å². The van der Waals surface area contributed by atoms with E-state index in [1.807, 2.05) is 56.3 Å². The number of carbonyl (C=O) groups excluding carboxylic acids is 2. The molecular formula is C19H21BrN2O2. The third kappa shape index (κ3) is 4.68. The highest BCUT2D eigenvalue weighted by Crippen LogP contribution is 2.23. The van der Waals surface area contributed by atoms with Gasteiger partial charge in [-0.1, -0.05) is 24.3 Å². The van der Waals surface area contributed by atoms with Crippen LogP contribution in [0.4, 0.5) is 11.4 Å². The summed E-state index contributed by atoms with van der Waals surface area (Å²) in [6, 6.07) is 13.4. The summed E-state index contributed by atoms with van der Waals surface area (Å²) in [5.41, 5.74) is 3.68. The van der Waals surface area contributed by atoms with Crippen molar-refractivity contribution in [2.45, 2.75) is 27.2 Å². The van der Waals surface area contributed by atoms with Crippen LogP contribution in [0.25, 0.3) is 0 Å². The molecule has 2 aromatic rings. The van der Waals surface area contributed by atoms with Crippen LogP contribution in [0.1, 0.15) is 24.5 Å². The normalized spacial score (nSPS) is 10.3. The highest BCUT2D eigenvalue weighted by molar-refractivity contribution is 9.10. The van der Waals surface area contributed by atoms with Gasteiger partial charge in [-0.15, -0.1) is 0 Å². The number of halogens is 1. The number of nitrogens with zero attached hydrogens (tertiary/aromatic N) is 1. The van der Waals surface area contributed by atoms with Crippen molar-refractivity contribution in [3.8, 4) is 0 Å². The topological polar surface area (TPSA) is 49.4 Å². The third-order valence-electron chi connectivity index (χ3n) is 3.75. The average molecular weight is 389 g/mol. The van der Waals surface area contributed by atoms with Gasteiger partial charge >= 0.3 is 0 Å². The summed E-state index contributed by atoms with van der Waals surface area (Å²) in [5, 5.41) is 2.86. The van der Waals surface area contributed by atoms with Crippen LogP contribution in [0.15, 0.2) is 46.9 Å². The van der Waals surface area contributed by atoms with Gasteiger partial charge in [-0.3, -0.25) is 9.59 Å². The van der Waals surface area contributed by atoms with E-state index < -0.39 is 0 Å². The van der Waals surface area contributed by atoms with E-state index >= 15 is 0 Å². The second-order valence-corrected chi connectivity index (χ2v) is 6.59. The molecule has 0 aliphatic heterocycles. The quantitative estimate of drug-likeness (QED) is 0.822. The largest absolute Gasteiger partial charge is 0.325 e. The minimum absolute atomic E-state index is 0.0719. The van der Waals surface area contributed by atoms with E-state index in [4.69, 9.17) is 0 Å². The molecular weight excluding hydrogens is 368 g/mol. The lowest BCUT2D eigenvalue weighted by Crippen LogP contribution is -2.32. The van der Waals surface area contributed by atoms with Gasteiger partial charge in [0.1, 0.15) is 0 Å². The lowest BCUT2D eigenvalue weighted by Gasteiger charge is -2.23. The second-order valence-electron chi connectivity index (χ2n) is 5.74. The summed E-state index contributed by atoms with van der Waals surface area (Å²) in [4.78, 5) is 25.9. The minimum atomic E-state index is -0.126. The molecule has 2 amide bonds. The number of rotatable bonds is 5. The number of benzene rings is 2. The molecule has 0 unspecified atom stereocenters. The number of aryl methyl sites for hydroxylation is 2. The molecule has 0 fully saturated rings. The van der Waals surface area contributed by atoms with Crippen LogP contribution in [0.3, 0.4) is 0 Å². The van der Waals surface area contributed by atoms with Crippen LogP contribution >= 0.6 is 15.9 Å². The lowest BCUT2D eigenvalue weighted by atomic mass is 10.1. The van der Waals surface area contributed by atoms with Gasteiger partial charge in [0, 0.05) is 30.0 Å². The molecule has 0 aliphatic carbocycles.